The summed E-state index contributed by atoms with van der Waals surface area (Å²) in [7, 11) is 0. The lowest BCUT2D eigenvalue weighted by Gasteiger charge is -2.18. The van der Waals surface area contributed by atoms with Gasteiger partial charge in [0.1, 0.15) is 5.75 Å². The molecule has 0 saturated heterocycles. The molecule has 1 aliphatic carbocycles. The first-order chi connectivity index (χ1) is 10.3. The Morgan fingerprint density at radius 3 is 2.67 bits per heavy atom. The second kappa shape index (κ2) is 6.29. The van der Waals surface area contributed by atoms with Crippen molar-refractivity contribution in [1.29, 1.82) is 0 Å². The molecule has 0 aliphatic heterocycles. The molecule has 110 valence electrons. The van der Waals surface area contributed by atoms with Crippen molar-refractivity contribution in [3.63, 3.8) is 0 Å². The second-order valence-corrected chi connectivity index (χ2v) is 5.41. The molecule has 0 amide bonds. The average molecular weight is 283 g/mol. The molecule has 0 spiro atoms. The molecule has 0 bridgehead atoms. The zero-order chi connectivity index (χ0) is 14.7. The number of aliphatic hydroxyl groups excluding tert-OH is 1. The standard InChI is InChI=1S/C18H21NO2/c1-2-21-15-9-7-13(8-10-15)12-19-18-16-6-4-3-5-14(16)11-17(18)20/h3-10,17-20H,2,11-12H2,1H3/t17-,18+/m0/s1. The van der Waals surface area contributed by atoms with Gasteiger partial charge in [-0.15, -0.1) is 0 Å². The Labute approximate surface area is 125 Å². The molecule has 0 aromatic heterocycles. The lowest BCUT2D eigenvalue weighted by Crippen LogP contribution is -2.28. The van der Waals surface area contributed by atoms with Crippen molar-refractivity contribution in [3.05, 3.63) is 65.2 Å². The highest BCUT2D eigenvalue weighted by Crippen LogP contribution is 2.31. The van der Waals surface area contributed by atoms with Gasteiger partial charge in [0.2, 0.25) is 0 Å². The number of rotatable bonds is 5. The predicted molar refractivity (Wildman–Crippen MR) is 83.3 cm³/mol. The minimum atomic E-state index is -0.343. The van der Waals surface area contributed by atoms with Crippen LogP contribution in [0.3, 0.4) is 0 Å². The molecule has 0 saturated carbocycles. The molecule has 3 heteroatoms. The number of fused-ring (bicyclic) bond motifs is 1. The van der Waals surface area contributed by atoms with Crippen LogP contribution in [0.4, 0.5) is 0 Å². The van der Waals surface area contributed by atoms with E-state index in [1.807, 2.05) is 31.2 Å². The van der Waals surface area contributed by atoms with Crippen molar-refractivity contribution in [3.8, 4) is 5.75 Å². The maximum Gasteiger partial charge on any atom is 0.119 e. The number of hydrogen-bond donors (Lipinski definition) is 2. The summed E-state index contributed by atoms with van der Waals surface area (Å²) in [6.07, 6.45) is 0.391. The van der Waals surface area contributed by atoms with E-state index >= 15 is 0 Å². The van der Waals surface area contributed by atoms with Crippen molar-refractivity contribution in [1.82, 2.24) is 5.32 Å². The quantitative estimate of drug-likeness (QED) is 0.886. The van der Waals surface area contributed by atoms with Gasteiger partial charge in [-0.3, -0.25) is 0 Å². The molecular weight excluding hydrogens is 262 g/mol. The highest BCUT2D eigenvalue weighted by atomic mass is 16.5. The Kier molecular flexibility index (Phi) is 4.23. The maximum absolute atomic E-state index is 10.2. The van der Waals surface area contributed by atoms with E-state index in [2.05, 4.69) is 29.6 Å². The van der Waals surface area contributed by atoms with Crippen LogP contribution >= 0.6 is 0 Å². The molecule has 0 heterocycles. The molecule has 0 fully saturated rings. The van der Waals surface area contributed by atoms with E-state index in [9.17, 15) is 5.11 Å². The lowest BCUT2D eigenvalue weighted by molar-refractivity contribution is 0.140. The monoisotopic (exact) mass is 283 g/mol. The normalized spacial score (nSPS) is 20.3. The van der Waals surface area contributed by atoms with Crippen LogP contribution in [0.15, 0.2) is 48.5 Å². The molecule has 3 rings (SSSR count). The van der Waals surface area contributed by atoms with E-state index in [0.29, 0.717) is 6.61 Å². The third-order valence-electron chi connectivity index (χ3n) is 3.96. The Morgan fingerprint density at radius 2 is 1.90 bits per heavy atom. The summed E-state index contributed by atoms with van der Waals surface area (Å²) >= 11 is 0. The zero-order valence-electron chi connectivity index (χ0n) is 12.3. The smallest absolute Gasteiger partial charge is 0.119 e. The highest BCUT2D eigenvalue weighted by molar-refractivity contribution is 5.36. The van der Waals surface area contributed by atoms with E-state index in [1.165, 1.54) is 16.7 Å². The molecule has 0 radical (unpaired) electrons. The number of nitrogens with one attached hydrogen (secondary N) is 1. The van der Waals surface area contributed by atoms with Crippen LogP contribution in [0.1, 0.15) is 29.7 Å². The third-order valence-corrected chi connectivity index (χ3v) is 3.96. The van der Waals surface area contributed by atoms with Crippen molar-refractivity contribution in [2.75, 3.05) is 6.61 Å². The Morgan fingerprint density at radius 1 is 1.14 bits per heavy atom. The summed E-state index contributed by atoms with van der Waals surface area (Å²) in [6, 6.07) is 16.4. The number of aliphatic hydroxyl groups is 1. The summed E-state index contributed by atoms with van der Waals surface area (Å²) in [4.78, 5) is 0. The minimum absolute atomic E-state index is 0.0211. The van der Waals surface area contributed by atoms with Crippen LogP contribution in [-0.4, -0.2) is 17.8 Å². The average Bonchev–Trinajstić information content (AvgIpc) is 2.82. The zero-order valence-corrected chi connectivity index (χ0v) is 12.3. The van der Waals surface area contributed by atoms with Gasteiger partial charge in [-0.25, -0.2) is 0 Å². The Hall–Kier alpha value is -1.84. The molecule has 2 atom stereocenters. The number of ether oxygens (including phenoxy) is 1. The van der Waals surface area contributed by atoms with E-state index in [-0.39, 0.29) is 12.1 Å². The first-order valence-corrected chi connectivity index (χ1v) is 7.49. The van der Waals surface area contributed by atoms with E-state index in [4.69, 9.17) is 4.74 Å². The Balaban J connectivity index is 1.65. The molecule has 0 unspecified atom stereocenters. The summed E-state index contributed by atoms with van der Waals surface area (Å²) in [5.74, 6) is 0.896. The van der Waals surface area contributed by atoms with Gasteiger partial charge >= 0.3 is 0 Å². The van der Waals surface area contributed by atoms with Gasteiger partial charge in [-0.1, -0.05) is 36.4 Å². The number of hydrogen-bond acceptors (Lipinski definition) is 3. The third kappa shape index (κ3) is 3.09. The molecule has 21 heavy (non-hydrogen) atoms. The summed E-state index contributed by atoms with van der Waals surface area (Å²) < 4.78 is 5.44. The van der Waals surface area contributed by atoms with Crippen molar-refractivity contribution >= 4 is 0 Å². The van der Waals surface area contributed by atoms with Gasteiger partial charge in [-0.2, -0.15) is 0 Å². The van der Waals surface area contributed by atoms with Gasteiger partial charge in [0, 0.05) is 13.0 Å². The first-order valence-electron chi connectivity index (χ1n) is 7.49. The van der Waals surface area contributed by atoms with Crippen molar-refractivity contribution in [2.24, 2.45) is 0 Å². The van der Waals surface area contributed by atoms with Crippen LogP contribution in [-0.2, 0) is 13.0 Å². The molecule has 3 nitrogen and oxygen atoms in total. The lowest BCUT2D eigenvalue weighted by atomic mass is 10.1. The molecule has 1 aliphatic rings. The van der Waals surface area contributed by atoms with Gasteiger partial charge in [0.05, 0.1) is 18.8 Å². The van der Waals surface area contributed by atoms with Gasteiger partial charge < -0.3 is 15.2 Å². The second-order valence-electron chi connectivity index (χ2n) is 5.41. The summed E-state index contributed by atoms with van der Waals surface area (Å²) in [6.45, 7) is 3.40. The molecule has 2 aromatic carbocycles. The molecule has 2 N–H and O–H groups in total. The van der Waals surface area contributed by atoms with Gasteiger partial charge in [0.15, 0.2) is 0 Å². The largest absolute Gasteiger partial charge is 0.494 e. The van der Waals surface area contributed by atoms with Crippen LogP contribution < -0.4 is 10.1 Å². The van der Waals surface area contributed by atoms with Crippen molar-refractivity contribution < 1.29 is 9.84 Å². The maximum atomic E-state index is 10.2. The summed E-state index contributed by atoms with van der Waals surface area (Å²) in [5.41, 5.74) is 3.65. The SMILES string of the molecule is CCOc1ccc(CN[C@@H]2c3ccccc3C[C@@H]2O)cc1. The topological polar surface area (TPSA) is 41.5 Å². The number of benzene rings is 2. The van der Waals surface area contributed by atoms with Crippen molar-refractivity contribution in [2.45, 2.75) is 32.0 Å². The van der Waals surface area contributed by atoms with Crippen LogP contribution in [0.25, 0.3) is 0 Å². The highest BCUT2D eigenvalue weighted by Gasteiger charge is 2.29. The predicted octanol–water partition coefficient (Wildman–Crippen LogP) is 2.83. The van der Waals surface area contributed by atoms with Crippen LogP contribution in [0, 0.1) is 0 Å². The van der Waals surface area contributed by atoms with E-state index < -0.39 is 0 Å². The minimum Gasteiger partial charge on any atom is -0.494 e. The van der Waals surface area contributed by atoms with Crippen LogP contribution in [0.5, 0.6) is 5.75 Å². The van der Waals surface area contributed by atoms with E-state index in [1.54, 1.807) is 0 Å². The van der Waals surface area contributed by atoms with Crippen LogP contribution in [0.2, 0.25) is 0 Å². The fourth-order valence-corrected chi connectivity index (χ4v) is 2.92. The first kappa shape index (κ1) is 14.1. The molecular formula is C18H21NO2. The van der Waals surface area contributed by atoms with Gasteiger partial charge in [0.25, 0.3) is 0 Å². The molecule has 2 aromatic rings. The summed E-state index contributed by atoms with van der Waals surface area (Å²) in [5, 5.41) is 13.7. The fraction of sp³-hybridized carbons (Fsp3) is 0.333. The van der Waals surface area contributed by atoms with Gasteiger partial charge in [-0.05, 0) is 35.7 Å². The van der Waals surface area contributed by atoms with E-state index in [0.717, 1.165) is 18.7 Å². The Bertz CT molecular complexity index is 594. The fourth-order valence-electron chi connectivity index (χ4n) is 2.92.